The summed E-state index contributed by atoms with van der Waals surface area (Å²) in [5, 5.41) is 3.32. The Morgan fingerprint density at radius 3 is 2.62 bits per heavy atom. The second kappa shape index (κ2) is 11.4. The van der Waals surface area contributed by atoms with Crippen LogP contribution >= 0.6 is 11.6 Å². The topological polar surface area (TPSA) is 112 Å². The molecule has 2 saturated heterocycles. The molecule has 10 nitrogen and oxygen atoms in total. The number of hydroxylamine groups is 1. The molecule has 1 saturated carbocycles. The van der Waals surface area contributed by atoms with Crippen LogP contribution in [0.3, 0.4) is 0 Å². The summed E-state index contributed by atoms with van der Waals surface area (Å²) >= 11 is 6.43. The SMILES string of the molecule is COC(c1nc2nc(C3NOC(=O)N3)nc(-c3cccc(Cl)c3)c2n1CC1CCC(C)CC1)C1CCOCC1. The minimum atomic E-state index is -0.693. The first-order valence-corrected chi connectivity index (χ1v) is 14.3. The Balaban J connectivity index is 1.53. The zero-order chi connectivity index (χ0) is 26.9. The van der Waals surface area contributed by atoms with E-state index in [4.69, 9.17) is 40.9 Å². The molecule has 2 aromatic heterocycles. The van der Waals surface area contributed by atoms with Crippen LogP contribution < -0.4 is 10.8 Å². The maximum Gasteiger partial charge on any atom is 0.427 e. The van der Waals surface area contributed by atoms with E-state index in [1.54, 1.807) is 7.11 Å². The fourth-order valence-electron chi connectivity index (χ4n) is 6.14. The number of carbonyl (C=O) groups excluding carboxylic acids is 1. The molecule has 1 amide bonds. The van der Waals surface area contributed by atoms with Gasteiger partial charge in [0.05, 0.1) is 0 Å². The summed E-state index contributed by atoms with van der Waals surface area (Å²) in [5.74, 6) is 2.81. The molecule has 0 radical (unpaired) electrons. The molecule has 4 heterocycles. The molecule has 2 unspecified atom stereocenters. The van der Waals surface area contributed by atoms with E-state index in [2.05, 4.69) is 22.3 Å². The van der Waals surface area contributed by atoms with Crippen molar-refractivity contribution in [3.63, 3.8) is 0 Å². The molecule has 1 aliphatic carbocycles. The second-order valence-corrected chi connectivity index (χ2v) is 11.4. The largest absolute Gasteiger partial charge is 0.427 e. The Hall–Kier alpha value is -2.79. The van der Waals surface area contributed by atoms with Crippen molar-refractivity contribution < 1.29 is 19.1 Å². The normalized spacial score (nSPS) is 25.0. The number of aromatic nitrogens is 4. The van der Waals surface area contributed by atoms with E-state index in [1.165, 1.54) is 25.7 Å². The molecule has 3 aliphatic rings. The van der Waals surface area contributed by atoms with E-state index >= 15 is 0 Å². The van der Waals surface area contributed by atoms with Gasteiger partial charge >= 0.3 is 6.09 Å². The van der Waals surface area contributed by atoms with Crippen molar-refractivity contribution in [3.05, 3.63) is 40.9 Å². The Bertz CT molecular complexity index is 1340. The third-order valence-corrected chi connectivity index (χ3v) is 8.55. The fraction of sp³-hybridized carbons (Fsp3) is 0.571. The molecule has 208 valence electrons. The van der Waals surface area contributed by atoms with Crippen LogP contribution in [0.2, 0.25) is 5.02 Å². The maximum absolute atomic E-state index is 11.8. The second-order valence-electron chi connectivity index (χ2n) is 11.0. The van der Waals surface area contributed by atoms with Gasteiger partial charge in [-0.25, -0.2) is 19.7 Å². The highest BCUT2D eigenvalue weighted by Crippen LogP contribution is 2.39. The van der Waals surface area contributed by atoms with Gasteiger partial charge < -0.3 is 18.9 Å². The van der Waals surface area contributed by atoms with Crippen LogP contribution in [-0.2, 0) is 20.9 Å². The first kappa shape index (κ1) is 26.4. The number of rotatable bonds is 7. The molecule has 39 heavy (non-hydrogen) atoms. The predicted octanol–water partition coefficient (Wildman–Crippen LogP) is 5.33. The lowest BCUT2D eigenvalue weighted by atomic mass is 9.83. The highest BCUT2D eigenvalue weighted by atomic mass is 35.5. The van der Waals surface area contributed by atoms with Crippen LogP contribution in [0, 0.1) is 17.8 Å². The van der Waals surface area contributed by atoms with Gasteiger partial charge in [0.25, 0.3) is 0 Å². The first-order valence-electron chi connectivity index (χ1n) is 13.9. The first-order chi connectivity index (χ1) is 19.0. The summed E-state index contributed by atoms with van der Waals surface area (Å²) in [6.45, 7) is 4.60. The van der Waals surface area contributed by atoms with Crippen molar-refractivity contribution in [2.24, 2.45) is 17.8 Å². The van der Waals surface area contributed by atoms with Gasteiger partial charge in [0, 0.05) is 37.5 Å². The number of ether oxygens (including phenoxy) is 2. The number of amides is 1. The molecule has 2 atom stereocenters. The minimum absolute atomic E-state index is 0.200. The molecule has 0 bridgehead atoms. The zero-order valence-electron chi connectivity index (χ0n) is 22.4. The summed E-state index contributed by atoms with van der Waals surface area (Å²) in [7, 11) is 1.76. The van der Waals surface area contributed by atoms with Gasteiger partial charge in [0.1, 0.15) is 23.1 Å². The Morgan fingerprint density at radius 2 is 1.92 bits per heavy atom. The highest BCUT2D eigenvalue weighted by molar-refractivity contribution is 6.30. The summed E-state index contributed by atoms with van der Waals surface area (Å²) in [6, 6.07) is 7.64. The third kappa shape index (κ3) is 5.48. The Morgan fingerprint density at radius 1 is 1.13 bits per heavy atom. The van der Waals surface area contributed by atoms with Gasteiger partial charge in [-0.2, -0.15) is 0 Å². The predicted molar refractivity (Wildman–Crippen MR) is 146 cm³/mol. The fourth-order valence-corrected chi connectivity index (χ4v) is 6.33. The van der Waals surface area contributed by atoms with Crippen LogP contribution in [0.5, 0.6) is 0 Å². The van der Waals surface area contributed by atoms with E-state index < -0.39 is 12.3 Å². The van der Waals surface area contributed by atoms with Crippen LogP contribution in [0.1, 0.15) is 69.4 Å². The molecule has 1 aromatic carbocycles. The molecule has 11 heteroatoms. The van der Waals surface area contributed by atoms with Gasteiger partial charge in [0.2, 0.25) is 0 Å². The van der Waals surface area contributed by atoms with Crippen molar-refractivity contribution in [2.75, 3.05) is 20.3 Å². The van der Waals surface area contributed by atoms with E-state index in [9.17, 15) is 4.79 Å². The molecule has 3 fully saturated rings. The minimum Gasteiger partial charge on any atom is -0.381 e. The average Bonchev–Trinajstić information content (AvgIpc) is 3.54. The molecule has 2 aliphatic heterocycles. The van der Waals surface area contributed by atoms with Crippen LogP contribution in [0.15, 0.2) is 24.3 Å². The van der Waals surface area contributed by atoms with Crippen molar-refractivity contribution >= 4 is 28.9 Å². The lowest BCUT2D eigenvalue weighted by Crippen LogP contribution is -2.27. The van der Waals surface area contributed by atoms with Gasteiger partial charge in [-0.15, -0.1) is 5.48 Å². The van der Waals surface area contributed by atoms with E-state index in [1.807, 2.05) is 24.3 Å². The number of hydrogen-bond acceptors (Lipinski definition) is 8. The molecule has 3 aromatic rings. The van der Waals surface area contributed by atoms with E-state index in [0.717, 1.165) is 55.4 Å². The number of fused-ring (bicyclic) bond motifs is 1. The summed E-state index contributed by atoms with van der Waals surface area (Å²) < 4.78 is 14.1. The Kier molecular flexibility index (Phi) is 7.70. The van der Waals surface area contributed by atoms with Crippen molar-refractivity contribution in [1.82, 2.24) is 30.3 Å². The quantitative estimate of drug-likeness (QED) is 0.403. The lowest BCUT2D eigenvalue weighted by Gasteiger charge is -2.31. The van der Waals surface area contributed by atoms with Crippen LogP contribution in [-0.4, -0.2) is 45.9 Å². The Labute approximate surface area is 232 Å². The summed E-state index contributed by atoms with van der Waals surface area (Å²) in [5.41, 5.74) is 5.65. The number of carbonyl (C=O) groups is 1. The summed E-state index contributed by atoms with van der Waals surface area (Å²) in [4.78, 5) is 31.6. The van der Waals surface area contributed by atoms with Gasteiger partial charge in [0.15, 0.2) is 17.6 Å². The maximum atomic E-state index is 11.8. The number of benzene rings is 1. The smallest absolute Gasteiger partial charge is 0.381 e. The van der Waals surface area contributed by atoms with Gasteiger partial charge in [-0.1, -0.05) is 43.5 Å². The number of methoxy groups -OCH3 is 1. The number of imidazole rings is 1. The highest BCUT2D eigenvalue weighted by Gasteiger charge is 2.34. The van der Waals surface area contributed by atoms with Gasteiger partial charge in [-0.3, -0.25) is 5.32 Å². The third-order valence-electron chi connectivity index (χ3n) is 8.32. The molecular formula is C28H35ClN6O4. The standard InChI is InChI=1S/C28H35ClN6O4/c1-16-6-8-17(9-7-16)15-35-22-21(19-4-3-5-20(29)14-19)30-25(26-33-28(36)39-34-26)31-24(22)32-27(35)23(37-2)18-10-12-38-13-11-18/h3-5,14,16-18,23,26,34H,6-13,15H2,1-2H3,(H,33,36). The monoisotopic (exact) mass is 554 g/mol. The molecule has 6 rings (SSSR count). The van der Waals surface area contributed by atoms with Crippen molar-refractivity contribution in [3.8, 4) is 11.3 Å². The van der Waals surface area contributed by atoms with Crippen molar-refractivity contribution in [1.29, 1.82) is 0 Å². The molecule has 0 spiro atoms. The molecule has 2 N–H and O–H groups in total. The number of nitrogens with zero attached hydrogens (tertiary/aromatic N) is 4. The van der Waals surface area contributed by atoms with E-state index in [-0.39, 0.29) is 12.0 Å². The van der Waals surface area contributed by atoms with Gasteiger partial charge in [-0.05, 0) is 55.6 Å². The summed E-state index contributed by atoms with van der Waals surface area (Å²) in [6.07, 6.45) is 5.17. The van der Waals surface area contributed by atoms with Crippen molar-refractivity contribution in [2.45, 2.75) is 64.3 Å². The van der Waals surface area contributed by atoms with E-state index in [0.29, 0.717) is 28.1 Å². The van der Waals surface area contributed by atoms with Crippen LogP contribution in [0.25, 0.3) is 22.4 Å². The lowest BCUT2D eigenvalue weighted by molar-refractivity contribution is -0.0200. The molecular weight excluding hydrogens is 520 g/mol. The van der Waals surface area contributed by atoms with Crippen LogP contribution in [0.4, 0.5) is 4.79 Å². The zero-order valence-corrected chi connectivity index (χ0v) is 23.1. The number of nitrogens with one attached hydrogen (secondary N) is 2. The number of hydrogen-bond donors (Lipinski definition) is 2. The average molecular weight is 555 g/mol. The number of halogens is 1.